The molecule has 2 heterocycles. The number of halogens is 4. The van der Waals surface area contributed by atoms with E-state index >= 15 is 0 Å². The molecule has 40 heavy (non-hydrogen) atoms. The SMILES string of the molecule is Cc1ccc(N2CCN(c3cc4c(cc3Cl)nc(Cc3cc(CNC(=O)C(C)(F)F)ccc3Cl)n4C)CC2)cc1. The fraction of sp³-hybridized carbons (Fsp3) is 0.333. The van der Waals surface area contributed by atoms with Crippen LogP contribution in [0.2, 0.25) is 10.0 Å². The Morgan fingerprint density at radius 1 is 0.975 bits per heavy atom. The van der Waals surface area contributed by atoms with E-state index in [4.69, 9.17) is 28.2 Å². The second kappa shape index (κ2) is 11.3. The monoisotopic (exact) mass is 585 g/mol. The Morgan fingerprint density at radius 2 is 1.65 bits per heavy atom. The number of carbonyl (C=O) groups excluding carboxylic acids is 1. The fourth-order valence-electron chi connectivity index (χ4n) is 4.99. The molecule has 3 aromatic carbocycles. The summed E-state index contributed by atoms with van der Waals surface area (Å²) in [5.41, 5.74) is 6.67. The van der Waals surface area contributed by atoms with Crippen molar-refractivity contribution < 1.29 is 13.6 Å². The first kappa shape index (κ1) is 28.2. The zero-order valence-corrected chi connectivity index (χ0v) is 24.2. The van der Waals surface area contributed by atoms with Gasteiger partial charge in [0, 0.05) is 63.8 Å². The summed E-state index contributed by atoms with van der Waals surface area (Å²) in [7, 11) is 1.96. The molecular formula is C30H31Cl2F2N5O. The maximum atomic E-state index is 13.2. The molecule has 5 rings (SSSR count). The van der Waals surface area contributed by atoms with Crippen molar-refractivity contribution in [2.45, 2.75) is 32.7 Å². The third-order valence-corrected chi connectivity index (χ3v) is 8.04. The normalized spacial score (nSPS) is 14.2. The first-order chi connectivity index (χ1) is 19.0. The Hall–Kier alpha value is -3.36. The number of imidazole rings is 1. The molecule has 0 bridgehead atoms. The highest BCUT2D eigenvalue weighted by Gasteiger charge is 2.31. The molecule has 1 aromatic heterocycles. The number of aromatic nitrogens is 2. The van der Waals surface area contributed by atoms with Crippen molar-refractivity contribution in [2.75, 3.05) is 36.0 Å². The number of anilines is 2. The van der Waals surface area contributed by atoms with E-state index in [0.717, 1.165) is 54.3 Å². The molecule has 0 atom stereocenters. The standard InChI is InChI=1S/C30H31Cl2F2N5O/c1-19-4-7-22(8-5-19)38-10-12-39(13-11-38)26-17-27-25(16-24(26)32)36-28(37(27)3)15-21-14-20(6-9-23(21)31)18-35-29(40)30(2,33)34/h4-9,14,16-17H,10-13,15,18H2,1-3H3,(H,35,40). The molecule has 1 aliphatic rings. The van der Waals surface area contributed by atoms with Crippen LogP contribution in [0.3, 0.4) is 0 Å². The summed E-state index contributed by atoms with van der Waals surface area (Å²) in [5, 5.41) is 3.46. The van der Waals surface area contributed by atoms with E-state index in [2.05, 4.69) is 52.4 Å². The molecule has 0 spiro atoms. The van der Waals surface area contributed by atoms with Crippen molar-refractivity contribution in [3.05, 3.63) is 87.2 Å². The van der Waals surface area contributed by atoms with Crippen molar-refractivity contribution in [3.63, 3.8) is 0 Å². The molecule has 1 fully saturated rings. The van der Waals surface area contributed by atoms with Crippen LogP contribution in [0.4, 0.5) is 20.2 Å². The van der Waals surface area contributed by atoms with Crippen LogP contribution in [0.1, 0.15) is 29.4 Å². The number of nitrogens with zero attached hydrogens (tertiary/aromatic N) is 4. The van der Waals surface area contributed by atoms with Crippen LogP contribution in [0.15, 0.2) is 54.6 Å². The highest BCUT2D eigenvalue weighted by molar-refractivity contribution is 6.34. The van der Waals surface area contributed by atoms with Gasteiger partial charge in [0.05, 0.1) is 21.7 Å². The zero-order chi connectivity index (χ0) is 28.6. The van der Waals surface area contributed by atoms with Crippen molar-refractivity contribution >= 4 is 51.5 Å². The van der Waals surface area contributed by atoms with Crippen LogP contribution in [0.25, 0.3) is 11.0 Å². The molecule has 0 saturated carbocycles. The minimum atomic E-state index is -3.43. The maximum absolute atomic E-state index is 13.2. The van der Waals surface area contributed by atoms with Crippen LogP contribution in [-0.2, 0) is 24.8 Å². The molecule has 4 aromatic rings. The summed E-state index contributed by atoms with van der Waals surface area (Å²) in [4.78, 5) is 21.1. The molecule has 1 aliphatic heterocycles. The van der Waals surface area contributed by atoms with Crippen molar-refractivity contribution in [3.8, 4) is 0 Å². The Labute approximate surface area is 242 Å². The number of aryl methyl sites for hydroxylation is 2. The Kier molecular flexibility index (Phi) is 7.93. The lowest BCUT2D eigenvalue weighted by molar-refractivity contribution is -0.143. The number of alkyl halides is 2. The second-order valence-electron chi connectivity index (χ2n) is 10.4. The van der Waals surface area contributed by atoms with E-state index in [9.17, 15) is 13.6 Å². The van der Waals surface area contributed by atoms with Gasteiger partial charge in [-0.15, -0.1) is 0 Å². The molecule has 210 valence electrons. The van der Waals surface area contributed by atoms with E-state index in [1.807, 2.05) is 23.7 Å². The summed E-state index contributed by atoms with van der Waals surface area (Å²) < 4.78 is 28.5. The number of nitrogens with one attached hydrogen (secondary N) is 1. The van der Waals surface area contributed by atoms with Gasteiger partial charge in [0.1, 0.15) is 5.82 Å². The largest absolute Gasteiger partial charge is 0.368 e. The Bertz CT molecular complexity index is 1540. The van der Waals surface area contributed by atoms with Gasteiger partial charge >= 0.3 is 5.92 Å². The first-order valence-electron chi connectivity index (χ1n) is 13.1. The first-order valence-corrected chi connectivity index (χ1v) is 13.9. The van der Waals surface area contributed by atoms with Crippen LogP contribution in [0, 0.1) is 6.92 Å². The molecule has 10 heteroatoms. The van der Waals surface area contributed by atoms with Gasteiger partial charge in [-0.05, 0) is 48.4 Å². The van der Waals surface area contributed by atoms with E-state index in [1.165, 1.54) is 11.3 Å². The third-order valence-electron chi connectivity index (χ3n) is 7.37. The number of amides is 1. The van der Waals surface area contributed by atoms with E-state index < -0.39 is 11.8 Å². The number of piperazine rings is 1. The molecule has 0 unspecified atom stereocenters. The van der Waals surface area contributed by atoms with E-state index in [-0.39, 0.29) is 6.54 Å². The van der Waals surface area contributed by atoms with Crippen LogP contribution in [0.5, 0.6) is 0 Å². The zero-order valence-electron chi connectivity index (χ0n) is 22.6. The molecule has 1 amide bonds. The van der Waals surface area contributed by atoms with Gasteiger partial charge < -0.3 is 19.7 Å². The maximum Gasteiger partial charge on any atom is 0.321 e. The highest BCUT2D eigenvalue weighted by atomic mass is 35.5. The molecule has 6 nitrogen and oxygen atoms in total. The number of rotatable bonds is 7. The quantitative estimate of drug-likeness (QED) is 0.273. The highest BCUT2D eigenvalue weighted by Crippen LogP contribution is 2.33. The molecule has 1 saturated heterocycles. The van der Waals surface area contributed by atoms with Gasteiger partial charge in [-0.3, -0.25) is 4.79 Å². The number of hydrogen-bond acceptors (Lipinski definition) is 4. The fourth-order valence-corrected chi connectivity index (χ4v) is 5.46. The van der Waals surface area contributed by atoms with Gasteiger partial charge in [0.15, 0.2) is 0 Å². The third kappa shape index (κ3) is 6.03. The predicted molar refractivity (Wildman–Crippen MR) is 158 cm³/mol. The van der Waals surface area contributed by atoms with Gasteiger partial charge in [-0.1, -0.05) is 53.0 Å². The molecular weight excluding hydrogens is 555 g/mol. The average molecular weight is 587 g/mol. The Balaban J connectivity index is 1.32. The van der Waals surface area contributed by atoms with E-state index in [1.54, 1.807) is 12.1 Å². The lowest BCUT2D eigenvalue weighted by Crippen LogP contribution is -2.46. The minimum absolute atomic E-state index is 0.0227. The van der Waals surface area contributed by atoms with Crippen LogP contribution in [-0.4, -0.2) is 47.6 Å². The lowest BCUT2D eigenvalue weighted by atomic mass is 10.1. The molecule has 0 aliphatic carbocycles. The van der Waals surface area contributed by atoms with Crippen LogP contribution >= 0.6 is 23.2 Å². The average Bonchev–Trinajstić information content (AvgIpc) is 3.22. The van der Waals surface area contributed by atoms with Crippen molar-refractivity contribution in [1.29, 1.82) is 0 Å². The second-order valence-corrected chi connectivity index (χ2v) is 11.2. The van der Waals surface area contributed by atoms with E-state index in [0.29, 0.717) is 29.0 Å². The van der Waals surface area contributed by atoms with Crippen molar-refractivity contribution in [1.82, 2.24) is 14.9 Å². The van der Waals surface area contributed by atoms with Gasteiger partial charge in [0.25, 0.3) is 5.91 Å². The van der Waals surface area contributed by atoms with Crippen LogP contribution < -0.4 is 15.1 Å². The minimum Gasteiger partial charge on any atom is -0.368 e. The molecule has 1 N–H and O–H groups in total. The lowest BCUT2D eigenvalue weighted by Gasteiger charge is -2.37. The Morgan fingerprint density at radius 3 is 2.33 bits per heavy atom. The van der Waals surface area contributed by atoms with Crippen molar-refractivity contribution in [2.24, 2.45) is 7.05 Å². The number of hydrogen-bond donors (Lipinski definition) is 1. The number of carbonyl (C=O) groups is 1. The topological polar surface area (TPSA) is 53.4 Å². The summed E-state index contributed by atoms with van der Waals surface area (Å²) in [6.07, 6.45) is 0.428. The summed E-state index contributed by atoms with van der Waals surface area (Å²) in [5.74, 6) is -3.96. The van der Waals surface area contributed by atoms with Gasteiger partial charge in [-0.25, -0.2) is 4.98 Å². The predicted octanol–water partition coefficient (Wildman–Crippen LogP) is 6.38. The number of benzene rings is 3. The summed E-state index contributed by atoms with van der Waals surface area (Å²) in [6.45, 7) is 6.16. The number of fused-ring (bicyclic) bond motifs is 1. The van der Waals surface area contributed by atoms with Gasteiger partial charge in [0.2, 0.25) is 0 Å². The summed E-state index contributed by atoms with van der Waals surface area (Å²) >= 11 is 13.2. The smallest absolute Gasteiger partial charge is 0.321 e. The van der Waals surface area contributed by atoms with Gasteiger partial charge in [-0.2, -0.15) is 8.78 Å². The summed E-state index contributed by atoms with van der Waals surface area (Å²) in [6, 6.07) is 17.8. The molecule has 0 radical (unpaired) electrons.